The molecule has 0 amide bonds. The fourth-order valence-electron chi connectivity index (χ4n) is 3.00. The van der Waals surface area contributed by atoms with Gasteiger partial charge in [0.2, 0.25) is 0 Å². The van der Waals surface area contributed by atoms with Gasteiger partial charge in [0.15, 0.2) is 11.6 Å². The molecule has 1 aromatic heterocycles. The van der Waals surface area contributed by atoms with Crippen LogP contribution in [0.4, 0.5) is 23.0 Å². The normalized spacial score (nSPS) is 15.5. The molecule has 2 heterocycles. The molecule has 1 aliphatic rings. The van der Waals surface area contributed by atoms with E-state index in [1.165, 1.54) is 0 Å². The number of anilines is 4. The number of benzene rings is 1. The summed E-state index contributed by atoms with van der Waals surface area (Å²) in [7, 11) is 1.96. The molecule has 0 radical (unpaired) electrons. The van der Waals surface area contributed by atoms with Gasteiger partial charge in [-0.05, 0) is 12.1 Å². The quantitative estimate of drug-likeness (QED) is 0.845. The van der Waals surface area contributed by atoms with Crippen LogP contribution in [-0.4, -0.2) is 66.4 Å². The standard InChI is InChI=1S/C17H24N6O/c1-21(14-5-3-2-4-6-14)16-15(18)17(20-13-19-16)23-9-7-22(8-10-23)11-12-24/h2-6,13,24H,7-12,18H2,1H3. The van der Waals surface area contributed by atoms with Gasteiger partial charge < -0.3 is 20.6 Å². The number of rotatable bonds is 5. The minimum Gasteiger partial charge on any atom is -0.395 e. The molecular formula is C17H24N6O. The highest BCUT2D eigenvalue weighted by Gasteiger charge is 2.22. The summed E-state index contributed by atoms with van der Waals surface area (Å²) < 4.78 is 0. The largest absolute Gasteiger partial charge is 0.395 e. The highest BCUT2D eigenvalue weighted by Crippen LogP contribution is 2.32. The number of piperazine rings is 1. The number of nitrogens with zero attached hydrogens (tertiary/aromatic N) is 5. The Morgan fingerprint density at radius 2 is 1.83 bits per heavy atom. The number of β-amino-alcohol motifs (C(OH)–C–C–N with tert-alkyl or cyclic N) is 1. The lowest BCUT2D eigenvalue weighted by atomic mass is 10.2. The predicted molar refractivity (Wildman–Crippen MR) is 96.7 cm³/mol. The average Bonchev–Trinajstić information content (AvgIpc) is 2.63. The molecule has 0 unspecified atom stereocenters. The minimum atomic E-state index is 0.196. The van der Waals surface area contributed by atoms with Gasteiger partial charge in [-0.25, -0.2) is 9.97 Å². The summed E-state index contributed by atoms with van der Waals surface area (Å²) >= 11 is 0. The van der Waals surface area contributed by atoms with E-state index >= 15 is 0 Å². The first-order chi connectivity index (χ1) is 11.7. The number of aromatic nitrogens is 2. The molecule has 0 bridgehead atoms. The van der Waals surface area contributed by atoms with Gasteiger partial charge >= 0.3 is 0 Å². The second-order valence-corrected chi connectivity index (χ2v) is 5.88. The molecule has 7 heteroatoms. The Hall–Kier alpha value is -2.38. The third kappa shape index (κ3) is 3.42. The van der Waals surface area contributed by atoms with Crippen molar-refractivity contribution in [1.82, 2.24) is 14.9 Å². The van der Waals surface area contributed by atoms with Crippen LogP contribution in [0.15, 0.2) is 36.7 Å². The molecule has 7 nitrogen and oxygen atoms in total. The van der Waals surface area contributed by atoms with Gasteiger partial charge in [0.1, 0.15) is 12.0 Å². The van der Waals surface area contributed by atoms with Gasteiger partial charge in [-0.3, -0.25) is 4.90 Å². The summed E-state index contributed by atoms with van der Waals surface area (Å²) in [5.41, 5.74) is 8.01. The summed E-state index contributed by atoms with van der Waals surface area (Å²) in [5.74, 6) is 1.50. The smallest absolute Gasteiger partial charge is 0.161 e. The molecule has 24 heavy (non-hydrogen) atoms. The Labute approximate surface area is 142 Å². The Kier molecular flexibility index (Phi) is 5.12. The molecule has 128 valence electrons. The minimum absolute atomic E-state index is 0.196. The van der Waals surface area contributed by atoms with E-state index in [0.29, 0.717) is 11.5 Å². The number of para-hydroxylation sites is 1. The lowest BCUT2D eigenvalue weighted by molar-refractivity contribution is 0.188. The van der Waals surface area contributed by atoms with Crippen LogP contribution in [0.3, 0.4) is 0 Å². The number of hydrogen-bond acceptors (Lipinski definition) is 7. The zero-order chi connectivity index (χ0) is 16.9. The van der Waals surface area contributed by atoms with Crippen LogP contribution in [0.1, 0.15) is 0 Å². The lowest BCUT2D eigenvalue weighted by Gasteiger charge is -2.35. The van der Waals surface area contributed by atoms with Crippen LogP contribution in [0.25, 0.3) is 0 Å². The SMILES string of the molecule is CN(c1ccccc1)c1ncnc(N2CCN(CCO)CC2)c1N. The highest BCUT2D eigenvalue weighted by molar-refractivity contribution is 5.79. The lowest BCUT2D eigenvalue weighted by Crippen LogP contribution is -2.47. The Balaban J connectivity index is 1.79. The summed E-state index contributed by atoms with van der Waals surface area (Å²) in [6, 6.07) is 10.0. The first kappa shape index (κ1) is 16.5. The molecule has 0 aliphatic carbocycles. The number of aliphatic hydroxyl groups is 1. The van der Waals surface area contributed by atoms with Crippen molar-refractivity contribution in [3.05, 3.63) is 36.7 Å². The van der Waals surface area contributed by atoms with Gasteiger partial charge in [0.05, 0.1) is 6.61 Å². The third-order valence-electron chi connectivity index (χ3n) is 4.39. The fourth-order valence-corrected chi connectivity index (χ4v) is 3.00. The first-order valence-corrected chi connectivity index (χ1v) is 8.18. The van der Waals surface area contributed by atoms with Crippen molar-refractivity contribution >= 4 is 23.0 Å². The Morgan fingerprint density at radius 3 is 2.50 bits per heavy atom. The van der Waals surface area contributed by atoms with Crippen LogP contribution in [-0.2, 0) is 0 Å². The van der Waals surface area contributed by atoms with Gasteiger partial charge in [0.25, 0.3) is 0 Å². The summed E-state index contributed by atoms with van der Waals surface area (Å²) in [6.45, 7) is 4.39. The number of nitrogen functional groups attached to an aromatic ring is 1. The zero-order valence-corrected chi connectivity index (χ0v) is 14.0. The predicted octanol–water partition coefficient (Wildman–Crippen LogP) is 0.941. The number of aliphatic hydroxyl groups excluding tert-OH is 1. The maximum Gasteiger partial charge on any atom is 0.161 e. The van der Waals surface area contributed by atoms with E-state index in [1.54, 1.807) is 6.33 Å². The maximum atomic E-state index is 9.05. The monoisotopic (exact) mass is 328 g/mol. The van der Waals surface area contributed by atoms with E-state index in [1.807, 2.05) is 42.3 Å². The van der Waals surface area contributed by atoms with Crippen molar-refractivity contribution in [3.63, 3.8) is 0 Å². The van der Waals surface area contributed by atoms with Gasteiger partial charge in [-0.1, -0.05) is 18.2 Å². The first-order valence-electron chi connectivity index (χ1n) is 8.18. The van der Waals surface area contributed by atoms with Crippen molar-refractivity contribution in [2.75, 3.05) is 61.9 Å². The maximum absolute atomic E-state index is 9.05. The second kappa shape index (κ2) is 7.46. The van der Waals surface area contributed by atoms with Gasteiger partial charge in [0, 0.05) is 45.5 Å². The van der Waals surface area contributed by atoms with Crippen molar-refractivity contribution in [2.24, 2.45) is 0 Å². The van der Waals surface area contributed by atoms with Crippen LogP contribution < -0.4 is 15.5 Å². The molecule has 0 saturated carbocycles. The molecule has 0 spiro atoms. The van der Waals surface area contributed by atoms with Crippen LogP contribution in [0.2, 0.25) is 0 Å². The average molecular weight is 328 g/mol. The van der Waals surface area contributed by atoms with E-state index in [-0.39, 0.29) is 6.61 Å². The Bertz CT molecular complexity index is 657. The topological polar surface area (TPSA) is 81.8 Å². The second-order valence-electron chi connectivity index (χ2n) is 5.88. The van der Waals surface area contributed by atoms with Crippen molar-refractivity contribution in [2.45, 2.75) is 0 Å². The van der Waals surface area contributed by atoms with Crippen molar-refractivity contribution in [3.8, 4) is 0 Å². The molecule has 3 N–H and O–H groups in total. The summed E-state index contributed by atoms with van der Waals surface area (Å²) in [6.07, 6.45) is 1.57. The number of hydrogen-bond donors (Lipinski definition) is 2. The van der Waals surface area contributed by atoms with Gasteiger partial charge in [-0.2, -0.15) is 0 Å². The highest BCUT2D eigenvalue weighted by atomic mass is 16.3. The zero-order valence-electron chi connectivity index (χ0n) is 14.0. The van der Waals surface area contributed by atoms with Crippen molar-refractivity contribution < 1.29 is 5.11 Å². The molecule has 3 rings (SSSR count). The van der Waals surface area contributed by atoms with E-state index in [9.17, 15) is 0 Å². The summed E-state index contributed by atoms with van der Waals surface area (Å²) in [5, 5.41) is 9.05. The van der Waals surface area contributed by atoms with E-state index in [4.69, 9.17) is 10.8 Å². The molecule has 1 fully saturated rings. The molecule has 0 atom stereocenters. The Morgan fingerprint density at radius 1 is 1.12 bits per heavy atom. The third-order valence-corrected chi connectivity index (χ3v) is 4.39. The molecule has 1 saturated heterocycles. The molecular weight excluding hydrogens is 304 g/mol. The van der Waals surface area contributed by atoms with Gasteiger partial charge in [-0.15, -0.1) is 0 Å². The van der Waals surface area contributed by atoms with Crippen LogP contribution in [0, 0.1) is 0 Å². The van der Waals surface area contributed by atoms with Crippen LogP contribution >= 0.6 is 0 Å². The van der Waals surface area contributed by atoms with E-state index < -0.39 is 0 Å². The fraction of sp³-hybridized carbons (Fsp3) is 0.412. The number of nitrogens with two attached hydrogens (primary N) is 1. The molecule has 1 aromatic carbocycles. The molecule has 2 aromatic rings. The van der Waals surface area contributed by atoms with E-state index in [2.05, 4.69) is 19.8 Å². The van der Waals surface area contributed by atoms with Crippen LogP contribution in [0.5, 0.6) is 0 Å². The van der Waals surface area contributed by atoms with Crippen molar-refractivity contribution in [1.29, 1.82) is 0 Å². The summed E-state index contributed by atoms with van der Waals surface area (Å²) in [4.78, 5) is 15.2. The van der Waals surface area contributed by atoms with E-state index in [0.717, 1.165) is 44.2 Å². The molecule has 1 aliphatic heterocycles.